The summed E-state index contributed by atoms with van der Waals surface area (Å²) in [6.45, 7) is 3.96. The average Bonchev–Trinajstić information content (AvgIpc) is 3.56. The third kappa shape index (κ3) is 4.56. The number of thioether (sulfide) groups is 1. The van der Waals surface area contributed by atoms with Crippen LogP contribution in [-0.2, 0) is 17.6 Å². The van der Waals surface area contributed by atoms with Crippen molar-refractivity contribution in [1.29, 1.82) is 0 Å². The predicted molar refractivity (Wildman–Crippen MR) is 136 cm³/mol. The molecule has 1 aromatic carbocycles. The topological polar surface area (TPSA) is 106 Å². The van der Waals surface area contributed by atoms with E-state index < -0.39 is 5.91 Å². The number of aromatic nitrogens is 3. The van der Waals surface area contributed by atoms with Crippen LogP contribution in [0.3, 0.4) is 0 Å². The molecule has 1 aliphatic carbocycles. The van der Waals surface area contributed by atoms with Crippen molar-refractivity contribution in [3.05, 3.63) is 45.8 Å². The first-order chi connectivity index (χ1) is 16.5. The van der Waals surface area contributed by atoms with Crippen LogP contribution in [0.5, 0.6) is 0 Å². The van der Waals surface area contributed by atoms with Crippen molar-refractivity contribution in [3.8, 4) is 5.69 Å². The van der Waals surface area contributed by atoms with Gasteiger partial charge in [-0.2, -0.15) is 0 Å². The summed E-state index contributed by atoms with van der Waals surface area (Å²) < 4.78 is 2.03. The molecule has 1 aliphatic heterocycles. The summed E-state index contributed by atoms with van der Waals surface area (Å²) in [7, 11) is 0. The number of carbonyl (C=O) groups excluding carboxylic acids is 2. The van der Waals surface area contributed by atoms with E-state index in [0.717, 1.165) is 73.7 Å². The van der Waals surface area contributed by atoms with Gasteiger partial charge < -0.3 is 16.0 Å². The number of hydrogen-bond donors (Lipinski definition) is 2. The second kappa shape index (κ2) is 9.79. The number of rotatable bonds is 7. The molecule has 2 aliphatic rings. The van der Waals surface area contributed by atoms with Crippen LogP contribution in [-0.4, -0.2) is 45.4 Å². The molecule has 0 bridgehead atoms. The maximum atomic E-state index is 12.9. The van der Waals surface area contributed by atoms with Crippen LogP contribution in [0.2, 0.25) is 0 Å². The van der Waals surface area contributed by atoms with Crippen molar-refractivity contribution in [3.63, 3.8) is 0 Å². The van der Waals surface area contributed by atoms with Gasteiger partial charge in [-0.1, -0.05) is 29.5 Å². The molecule has 2 amide bonds. The Hall–Kier alpha value is -2.85. The molecule has 1 fully saturated rings. The highest BCUT2D eigenvalue weighted by atomic mass is 32.2. The van der Waals surface area contributed by atoms with Crippen LogP contribution < -0.4 is 16.0 Å². The first-order valence-electron chi connectivity index (χ1n) is 11.7. The van der Waals surface area contributed by atoms with E-state index >= 15 is 0 Å². The van der Waals surface area contributed by atoms with E-state index in [1.54, 1.807) is 0 Å². The summed E-state index contributed by atoms with van der Waals surface area (Å²) in [6, 6.07) is 8.23. The zero-order valence-corrected chi connectivity index (χ0v) is 20.8. The molecule has 5 rings (SSSR count). The summed E-state index contributed by atoms with van der Waals surface area (Å²) in [5.74, 6) is 0.306. The third-order valence-electron chi connectivity index (χ3n) is 6.30. The number of thiophene rings is 1. The Labute approximate surface area is 206 Å². The number of benzene rings is 1. The number of fused-ring (bicyclic) bond motifs is 1. The number of nitrogens with two attached hydrogens (primary N) is 1. The number of nitrogens with zero attached hydrogens (tertiary/aromatic N) is 4. The lowest BCUT2D eigenvalue weighted by molar-refractivity contribution is -0.113. The van der Waals surface area contributed by atoms with Crippen LogP contribution in [0, 0.1) is 6.92 Å². The van der Waals surface area contributed by atoms with Crippen LogP contribution in [0.15, 0.2) is 29.4 Å². The zero-order valence-electron chi connectivity index (χ0n) is 19.2. The van der Waals surface area contributed by atoms with E-state index in [1.807, 2.05) is 4.57 Å². The molecule has 2 aromatic heterocycles. The van der Waals surface area contributed by atoms with Gasteiger partial charge in [-0.15, -0.1) is 21.5 Å². The van der Waals surface area contributed by atoms with E-state index in [1.165, 1.54) is 28.7 Å². The number of hydrogen-bond acceptors (Lipinski definition) is 7. The third-order valence-corrected chi connectivity index (χ3v) is 8.44. The molecule has 0 atom stereocenters. The fraction of sp³-hybridized carbons (Fsp3) is 0.417. The highest BCUT2D eigenvalue weighted by Crippen LogP contribution is 2.38. The summed E-state index contributed by atoms with van der Waals surface area (Å²) in [4.78, 5) is 28.4. The van der Waals surface area contributed by atoms with Crippen molar-refractivity contribution < 1.29 is 9.59 Å². The minimum atomic E-state index is -0.475. The molecule has 0 radical (unpaired) electrons. The van der Waals surface area contributed by atoms with Crippen molar-refractivity contribution >= 4 is 45.9 Å². The van der Waals surface area contributed by atoms with E-state index in [4.69, 9.17) is 5.73 Å². The Kier molecular flexibility index (Phi) is 6.60. The molecule has 3 aromatic rings. The molecule has 10 heteroatoms. The lowest BCUT2D eigenvalue weighted by Crippen LogP contribution is -2.22. The van der Waals surface area contributed by atoms with Gasteiger partial charge in [-0.25, -0.2) is 0 Å². The summed E-state index contributed by atoms with van der Waals surface area (Å²) in [6.07, 6.45) is 6.19. The van der Waals surface area contributed by atoms with Gasteiger partial charge >= 0.3 is 0 Å². The van der Waals surface area contributed by atoms with E-state index in [-0.39, 0.29) is 11.7 Å². The highest BCUT2D eigenvalue weighted by Gasteiger charge is 2.26. The van der Waals surface area contributed by atoms with Gasteiger partial charge in [0.25, 0.3) is 5.91 Å². The maximum Gasteiger partial charge on any atom is 0.251 e. The normalized spacial score (nSPS) is 15.4. The average molecular weight is 497 g/mol. The lowest BCUT2D eigenvalue weighted by atomic mass is 9.95. The molecule has 3 N–H and O–H groups in total. The van der Waals surface area contributed by atoms with Crippen LogP contribution >= 0.6 is 23.1 Å². The van der Waals surface area contributed by atoms with Crippen molar-refractivity contribution in [2.24, 2.45) is 5.73 Å². The first kappa shape index (κ1) is 22.9. The Morgan fingerprint density at radius 3 is 2.56 bits per heavy atom. The molecule has 8 nitrogen and oxygen atoms in total. The van der Waals surface area contributed by atoms with Gasteiger partial charge in [-0.05, 0) is 63.1 Å². The van der Waals surface area contributed by atoms with Gasteiger partial charge in [0.1, 0.15) is 5.00 Å². The summed E-state index contributed by atoms with van der Waals surface area (Å²) in [5, 5.41) is 13.1. The van der Waals surface area contributed by atoms with Crippen LogP contribution in [0.1, 0.15) is 52.0 Å². The Bertz CT molecular complexity index is 1210. The van der Waals surface area contributed by atoms with Gasteiger partial charge in [0.2, 0.25) is 11.9 Å². The maximum absolute atomic E-state index is 12.9. The van der Waals surface area contributed by atoms with Gasteiger partial charge in [0.05, 0.1) is 17.0 Å². The molecule has 0 unspecified atom stereocenters. The Morgan fingerprint density at radius 2 is 1.82 bits per heavy atom. The van der Waals surface area contributed by atoms with Gasteiger partial charge in [-0.3, -0.25) is 14.2 Å². The molecule has 34 heavy (non-hydrogen) atoms. The highest BCUT2D eigenvalue weighted by molar-refractivity contribution is 7.99. The van der Waals surface area contributed by atoms with E-state index in [2.05, 4.69) is 51.6 Å². The molecular weight excluding hydrogens is 468 g/mol. The molecular formula is C24H28N6O2S2. The lowest BCUT2D eigenvalue weighted by Gasteiger charge is -2.18. The largest absolute Gasteiger partial charge is 0.365 e. The minimum Gasteiger partial charge on any atom is -0.365 e. The van der Waals surface area contributed by atoms with Crippen molar-refractivity contribution in [1.82, 2.24) is 14.8 Å². The number of aryl methyl sites for hydroxylation is 2. The van der Waals surface area contributed by atoms with Crippen molar-refractivity contribution in [2.75, 3.05) is 29.1 Å². The predicted octanol–water partition coefficient (Wildman–Crippen LogP) is 3.95. The molecule has 1 saturated heterocycles. The molecule has 0 spiro atoms. The SMILES string of the molecule is Cc1ccc(-n2c(SCC(=O)Nc3sc4c(c3C(N)=O)CCCC4)nnc2N2CCCC2)cc1. The van der Waals surface area contributed by atoms with Gasteiger partial charge in [0.15, 0.2) is 5.16 Å². The Balaban J connectivity index is 1.35. The number of primary amides is 1. The minimum absolute atomic E-state index is 0.158. The number of amides is 2. The van der Waals surface area contributed by atoms with Crippen molar-refractivity contribution in [2.45, 2.75) is 50.6 Å². The summed E-state index contributed by atoms with van der Waals surface area (Å²) >= 11 is 2.82. The quantitative estimate of drug-likeness (QED) is 0.480. The number of carbonyl (C=O) groups is 2. The number of nitrogens with one attached hydrogen (secondary N) is 1. The second-order valence-electron chi connectivity index (χ2n) is 8.76. The summed E-state index contributed by atoms with van der Waals surface area (Å²) in [5.41, 5.74) is 9.32. The molecule has 178 valence electrons. The fourth-order valence-electron chi connectivity index (χ4n) is 4.60. The van der Waals surface area contributed by atoms with E-state index in [0.29, 0.717) is 15.7 Å². The van der Waals surface area contributed by atoms with Gasteiger partial charge in [0, 0.05) is 18.0 Å². The molecule has 3 heterocycles. The smallest absolute Gasteiger partial charge is 0.251 e. The first-order valence-corrected chi connectivity index (χ1v) is 13.5. The standard InChI is InChI=1S/C24H28N6O2S2/c1-15-8-10-16(11-9-15)30-23(29-12-4-5-13-29)27-28-24(30)33-14-19(31)26-22-20(21(25)32)17-6-2-3-7-18(17)34-22/h8-11H,2-7,12-14H2,1H3,(H2,25,32)(H,26,31). The zero-order chi connectivity index (χ0) is 23.7. The monoisotopic (exact) mass is 496 g/mol. The molecule has 0 saturated carbocycles. The van der Waals surface area contributed by atoms with E-state index in [9.17, 15) is 9.59 Å². The number of anilines is 2. The Morgan fingerprint density at radius 1 is 1.09 bits per heavy atom. The van der Waals surface area contributed by atoms with Crippen LogP contribution in [0.25, 0.3) is 5.69 Å². The fourth-order valence-corrected chi connectivity index (χ4v) is 6.66. The van der Waals surface area contributed by atoms with Crippen LogP contribution in [0.4, 0.5) is 10.9 Å². The second-order valence-corrected chi connectivity index (χ2v) is 10.8.